The quantitative estimate of drug-likeness (QED) is 0.481. The maximum absolute atomic E-state index is 13.9. The maximum atomic E-state index is 13.9. The van der Waals surface area contributed by atoms with Gasteiger partial charge in [0.15, 0.2) is 0 Å². The highest BCUT2D eigenvalue weighted by Gasteiger charge is 2.38. The molecule has 1 aliphatic heterocycles. The van der Waals surface area contributed by atoms with Crippen molar-refractivity contribution in [2.75, 3.05) is 23.5 Å². The zero-order valence-electron chi connectivity index (χ0n) is 20.5. The van der Waals surface area contributed by atoms with Crippen molar-refractivity contribution in [2.24, 2.45) is 0 Å². The van der Waals surface area contributed by atoms with Crippen molar-refractivity contribution in [1.29, 1.82) is 0 Å². The van der Waals surface area contributed by atoms with E-state index in [0.29, 0.717) is 24.3 Å². The summed E-state index contributed by atoms with van der Waals surface area (Å²) in [6.45, 7) is 8.75. The average molecular weight is 457 g/mol. The molecule has 0 fully saturated rings. The largest absolute Gasteiger partial charge is 0.497 e. The van der Waals surface area contributed by atoms with E-state index in [1.54, 1.807) is 31.4 Å². The van der Waals surface area contributed by atoms with E-state index in [1.165, 1.54) is 5.56 Å². The lowest BCUT2D eigenvalue weighted by atomic mass is 9.84. The van der Waals surface area contributed by atoms with E-state index in [1.807, 2.05) is 54.0 Å². The molecule has 0 aromatic heterocycles. The van der Waals surface area contributed by atoms with Crippen molar-refractivity contribution in [2.45, 2.75) is 46.1 Å². The first-order valence-electron chi connectivity index (χ1n) is 11.8. The number of amides is 2. The van der Waals surface area contributed by atoms with E-state index >= 15 is 0 Å². The monoisotopic (exact) mass is 456 g/mol. The van der Waals surface area contributed by atoms with Gasteiger partial charge in [0, 0.05) is 29.5 Å². The lowest BCUT2D eigenvalue weighted by Gasteiger charge is -2.40. The van der Waals surface area contributed by atoms with Crippen molar-refractivity contribution in [1.82, 2.24) is 0 Å². The molecule has 0 aliphatic carbocycles. The molecule has 3 aromatic carbocycles. The number of fused-ring (bicyclic) bond motifs is 1. The third-order valence-corrected chi connectivity index (χ3v) is 6.83. The predicted octanol–water partition coefficient (Wildman–Crippen LogP) is 5.89. The number of hydrogen-bond acceptors (Lipinski definition) is 3. The summed E-state index contributed by atoms with van der Waals surface area (Å²) < 4.78 is 5.23. The number of likely N-dealkylation sites (N-methyl/N-ethyl adjacent to an activating group) is 1. The zero-order chi connectivity index (χ0) is 24.4. The van der Waals surface area contributed by atoms with Crippen LogP contribution in [0.4, 0.5) is 11.4 Å². The Hall–Kier alpha value is -3.60. The molecular weight excluding hydrogens is 424 g/mol. The molecule has 0 N–H and O–H groups in total. The van der Waals surface area contributed by atoms with Gasteiger partial charge < -0.3 is 14.5 Å². The number of ether oxygens (including phenoxy) is 1. The minimum atomic E-state index is -0.312. The van der Waals surface area contributed by atoms with Gasteiger partial charge in [0.25, 0.3) is 5.91 Å². The molecule has 0 radical (unpaired) electrons. The number of carbonyl (C=O) groups is 2. The lowest BCUT2D eigenvalue weighted by molar-refractivity contribution is -0.120. The molecule has 2 unspecified atom stereocenters. The standard InChI is InChI=1S/C29H32N2O3/c1-6-30(23-14-11-19(2)20(3)17-23)29(33)26-18-21(4)31(27-10-8-7-9-25(26)27)28(32)22-12-15-24(34-5)16-13-22/h7-17,21,26H,6,18H2,1-5H3. The van der Waals surface area contributed by atoms with Gasteiger partial charge in [0.1, 0.15) is 5.75 Å². The molecule has 0 saturated carbocycles. The predicted molar refractivity (Wildman–Crippen MR) is 137 cm³/mol. The summed E-state index contributed by atoms with van der Waals surface area (Å²) in [5.41, 5.74) is 5.58. The molecule has 176 valence electrons. The molecule has 5 nitrogen and oxygen atoms in total. The Labute approximate surface area is 202 Å². The molecule has 0 saturated heterocycles. The van der Waals surface area contributed by atoms with E-state index in [-0.39, 0.29) is 23.8 Å². The summed E-state index contributed by atoms with van der Waals surface area (Å²) in [7, 11) is 1.61. The molecule has 1 heterocycles. The SMILES string of the molecule is CCN(C(=O)C1CC(C)N(C(=O)c2ccc(OC)cc2)c2ccccc21)c1ccc(C)c(C)c1. The van der Waals surface area contributed by atoms with Crippen LogP contribution in [0.25, 0.3) is 0 Å². The topological polar surface area (TPSA) is 49.9 Å². The van der Waals surface area contributed by atoms with Crippen LogP contribution in [0.15, 0.2) is 66.7 Å². The Balaban J connectivity index is 1.69. The highest BCUT2D eigenvalue weighted by Crippen LogP contribution is 2.41. The van der Waals surface area contributed by atoms with Gasteiger partial charge in [0.05, 0.1) is 13.0 Å². The van der Waals surface area contributed by atoms with Crippen molar-refractivity contribution < 1.29 is 14.3 Å². The van der Waals surface area contributed by atoms with Crippen molar-refractivity contribution in [3.63, 3.8) is 0 Å². The minimum absolute atomic E-state index is 0.0709. The number of hydrogen-bond donors (Lipinski definition) is 0. The molecule has 4 rings (SSSR count). The Morgan fingerprint density at radius 3 is 2.35 bits per heavy atom. The highest BCUT2D eigenvalue weighted by atomic mass is 16.5. The number of rotatable bonds is 5. The van der Waals surface area contributed by atoms with Gasteiger partial charge in [-0.25, -0.2) is 0 Å². The lowest BCUT2D eigenvalue weighted by Crippen LogP contribution is -2.46. The Morgan fingerprint density at radius 2 is 1.71 bits per heavy atom. The fourth-order valence-corrected chi connectivity index (χ4v) is 4.78. The molecule has 1 aliphatic rings. The van der Waals surface area contributed by atoms with Crippen LogP contribution in [0.1, 0.15) is 53.2 Å². The normalized spacial score (nSPS) is 17.1. The van der Waals surface area contributed by atoms with Crippen molar-refractivity contribution in [3.8, 4) is 5.75 Å². The molecular formula is C29H32N2O3. The van der Waals surface area contributed by atoms with Gasteiger partial charge >= 0.3 is 0 Å². The third kappa shape index (κ3) is 4.30. The fourth-order valence-electron chi connectivity index (χ4n) is 4.78. The highest BCUT2D eigenvalue weighted by molar-refractivity contribution is 6.09. The smallest absolute Gasteiger partial charge is 0.258 e. The Morgan fingerprint density at radius 1 is 1.00 bits per heavy atom. The van der Waals surface area contributed by atoms with Crippen LogP contribution in [0.3, 0.4) is 0 Å². The van der Waals surface area contributed by atoms with Crippen LogP contribution < -0.4 is 14.5 Å². The second-order valence-electron chi connectivity index (χ2n) is 8.95. The number of benzene rings is 3. The Bertz CT molecular complexity index is 1200. The molecule has 2 atom stereocenters. The van der Waals surface area contributed by atoms with Crippen LogP contribution in [0, 0.1) is 13.8 Å². The van der Waals surface area contributed by atoms with Crippen LogP contribution >= 0.6 is 0 Å². The summed E-state index contributed by atoms with van der Waals surface area (Å²) in [5.74, 6) is 0.393. The first-order chi connectivity index (χ1) is 16.3. The second kappa shape index (κ2) is 9.72. The van der Waals surface area contributed by atoms with Gasteiger partial charge in [-0.3, -0.25) is 9.59 Å². The maximum Gasteiger partial charge on any atom is 0.258 e. The van der Waals surface area contributed by atoms with E-state index in [4.69, 9.17) is 4.74 Å². The minimum Gasteiger partial charge on any atom is -0.497 e. The number of anilines is 2. The second-order valence-corrected chi connectivity index (χ2v) is 8.95. The first kappa shape index (κ1) is 23.6. The zero-order valence-corrected chi connectivity index (χ0v) is 20.5. The van der Waals surface area contributed by atoms with Gasteiger partial charge in [-0.05, 0) is 93.3 Å². The van der Waals surface area contributed by atoms with E-state index in [2.05, 4.69) is 26.0 Å². The average Bonchev–Trinajstić information content (AvgIpc) is 2.85. The molecule has 5 heteroatoms. The van der Waals surface area contributed by atoms with Crippen LogP contribution in [-0.4, -0.2) is 31.5 Å². The first-order valence-corrected chi connectivity index (χ1v) is 11.8. The number of carbonyl (C=O) groups excluding carboxylic acids is 2. The number of aryl methyl sites for hydroxylation is 2. The summed E-state index contributed by atoms with van der Waals surface area (Å²) >= 11 is 0. The van der Waals surface area contributed by atoms with Gasteiger partial charge in [0.2, 0.25) is 5.91 Å². The van der Waals surface area contributed by atoms with Gasteiger partial charge in [-0.15, -0.1) is 0 Å². The van der Waals surface area contributed by atoms with Crippen molar-refractivity contribution in [3.05, 3.63) is 89.0 Å². The summed E-state index contributed by atoms with van der Waals surface area (Å²) in [4.78, 5) is 31.1. The molecule has 0 spiro atoms. The number of nitrogens with zero attached hydrogens (tertiary/aromatic N) is 2. The number of para-hydroxylation sites is 1. The van der Waals surface area contributed by atoms with Crippen LogP contribution in [0.2, 0.25) is 0 Å². The van der Waals surface area contributed by atoms with Crippen LogP contribution in [-0.2, 0) is 4.79 Å². The van der Waals surface area contributed by atoms with E-state index in [9.17, 15) is 9.59 Å². The Kier molecular flexibility index (Phi) is 6.73. The molecule has 34 heavy (non-hydrogen) atoms. The van der Waals surface area contributed by atoms with Gasteiger partial charge in [-0.2, -0.15) is 0 Å². The van der Waals surface area contributed by atoms with E-state index in [0.717, 1.165) is 22.5 Å². The number of methoxy groups -OCH3 is 1. The molecule has 3 aromatic rings. The van der Waals surface area contributed by atoms with Crippen molar-refractivity contribution >= 4 is 23.2 Å². The van der Waals surface area contributed by atoms with E-state index < -0.39 is 0 Å². The third-order valence-electron chi connectivity index (χ3n) is 6.83. The summed E-state index contributed by atoms with van der Waals surface area (Å²) in [5, 5.41) is 0. The summed E-state index contributed by atoms with van der Waals surface area (Å²) in [6, 6.07) is 21.0. The molecule has 0 bridgehead atoms. The summed E-state index contributed by atoms with van der Waals surface area (Å²) in [6.07, 6.45) is 0.569. The van der Waals surface area contributed by atoms with Crippen LogP contribution in [0.5, 0.6) is 5.75 Å². The molecule has 2 amide bonds. The fraction of sp³-hybridized carbons (Fsp3) is 0.310. The van der Waals surface area contributed by atoms with Gasteiger partial charge in [-0.1, -0.05) is 24.3 Å².